The number of hydrogen-bond donors (Lipinski definition) is 1. The van der Waals surface area contributed by atoms with Crippen molar-refractivity contribution < 1.29 is 9.53 Å². The predicted octanol–water partition coefficient (Wildman–Crippen LogP) is 3.38. The molecular weight excluding hydrogens is 342 g/mol. The number of para-hydroxylation sites is 1. The number of anilines is 1. The Morgan fingerprint density at radius 1 is 1.36 bits per heavy atom. The second-order valence-corrected chi connectivity index (χ2v) is 5.42. The van der Waals surface area contributed by atoms with E-state index in [2.05, 4.69) is 15.4 Å². The minimum Gasteiger partial charge on any atom is -0.437 e. The van der Waals surface area contributed by atoms with Crippen molar-refractivity contribution in [2.75, 3.05) is 5.32 Å². The van der Waals surface area contributed by atoms with Crippen LogP contribution in [-0.4, -0.2) is 20.7 Å². The molecule has 3 aromatic rings. The van der Waals surface area contributed by atoms with Crippen molar-refractivity contribution in [2.45, 2.75) is 0 Å². The average molecular weight is 354 g/mol. The van der Waals surface area contributed by atoms with E-state index < -0.39 is 5.91 Å². The van der Waals surface area contributed by atoms with E-state index in [4.69, 9.17) is 21.6 Å². The number of hydrogen-bond acceptors (Lipinski definition) is 5. The zero-order chi connectivity index (χ0) is 17.8. The van der Waals surface area contributed by atoms with Gasteiger partial charge in [0, 0.05) is 25.0 Å². The van der Waals surface area contributed by atoms with Crippen LogP contribution in [0, 0.1) is 11.3 Å². The summed E-state index contributed by atoms with van der Waals surface area (Å²) in [5, 5.41) is 16.2. The molecule has 0 spiro atoms. The number of amides is 1. The Labute approximate surface area is 148 Å². The number of nitrogens with zero attached hydrogens (tertiary/aromatic N) is 4. The van der Waals surface area contributed by atoms with Crippen LogP contribution >= 0.6 is 11.6 Å². The monoisotopic (exact) mass is 353 g/mol. The van der Waals surface area contributed by atoms with Crippen LogP contribution < -0.4 is 10.1 Å². The number of pyridine rings is 1. The van der Waals surface area contributed by atoms with E-state index in [-0.39, 0.29) is 17.1 Å². The normalized spacial score (nSPS) is 10.1. The third-order valence-corrected chi connectivity index (χ3v) is 3.65. The van der Waals surface area contributed by atoms with E-state index >= 15 is 0 Å². The lowest BCUT2D eigenvalue weighted by atomic mass is 10.2. The summed E-state index contributed by atoms with van der Waals surface area (Å²) in [6.07, 6.45) is 2.84. The second-order valence-electron chi connectivity index (χ2n) is 5.01. The maximum atomic E-state index is 12.3. The number of carbonyl (C=O) groups is 1. The number of nitriles is 1. The molecule has 2 aromatic heterocycles. The van der Waals surface area contributed by atoms with Crippen molar-refractivity contribution in [1.82, 2.24) is 14.8 Å². The molecular formula is C17H12ClN5O2. The maximum Gasteiger partial charge on any atom is 0.260 e. The number of aromatic nitrogens is 3. The Hall–Kier alpha value is -3.37. The summed E-state index contributed by atoms with van der Waals surface area (Å²) in [6, 6.07) is 12.1. The molecule has 0 aliphatic heterocycles. The molecule has 0 fully saturated rings. The summed E-state index contributed by atoms with van der Waals surface area (Å²) >= 11 is 6.05. The van der Waals surface area contributed by atoms with E-state index in [9.17, 15) is 4.79 Å². The van der Waals surface area contributed by atoms with Gasteiger partial charge in [0.1, 0.15) is 11.8 Å². The van der Waals surface area contributed by atoms with Crippen LogP contribution in [-0.2, 0) is 7.05 Å². The van der Waals surface area contributed by atoms with Crippen LogP contribution in [0.5, 0.6) is 11.6 Å². The van der Waals surface area contributed by atoms with Gasteiger partial charge in [-0.15, -0.1) is 0 Å². The highest BCUT2D eigenvalue weighted by molar-refractivity contribution is 6.32. The lowest BCUT2D eigenvalue weighted by Gasteiger charge is -2.08. The predicted molar refractivity (Wildman–Crippen MR) is 91.6 cm³/mol. The van der Waals surface area contributed by atoms with Crippen molar-refractivity contribution in [3.8, 4) is 17.7 Å². The lowest BCUT2D eigenvalue weighted by molar-refractivity contribution is 0.102. The van der Waals surface area contributed by atoms with Gasteiger partial charge in [-0.1, -0.05) is 23.7 Å². The topological polar surface area (TPSA) is 92.8 Å². The Balaban J connectivity index is 1.79. The Morgan fingerprint density at radius 2 is 2.16 bits per heavy atom. The zero-order valence-electron chi connectivity index (χ0n) is 13.1. The summed E-state index contributed by atoms with van der Waals surface area (Å²) in [5.41, 5.74) is 0.837. The van der Waals surface area contributed by atoms with Crippen molar-refractivity contribution in [3.05, 3.63) is 65.1 Å². The van der Waals surface area contributed by atoms with Gasteiger partial charge < -0.3 is 10.1 Å². The first-order chi connectivity index (χ1) is 12.1. The van der Waals surface area contributed by atoms with Gasteiger partial charge in [0.05, 0.1) is 16.8 Å². The smallest absolute Gasteiger partial charge is 0.260 e. The maximum absolute atomic E-state index is 12.3. The molecule has 1 N–H and O–H groups in total. The molecule has 8 heteroatoms. The molecule has 0 aliphatic rings. The molecule has 1 amide bonds. The Kier molecular flexibility index (Phi) is 4.64. The summed E-state index contributed by atoms with van der Waals surface area (Å²) < 4.78 is 6.96. The number of rotatable bonds is 4. The number of nitrogens with one attached hydrogen (secondary N) is 1. The first kappa shape index (κ1) is 16.5. The van der Waals surface area contributed by atoms with Gasteiger partial charge in [0.15, 0.2) is 5.69 Å². The first-order valence-electron chi connectivity index (χ1n) is 7.20. The van der Waals surface area contributed by atoms with Crippen molar-refractivity contribution >= 4 is 23.2 Å². The van der Waals surface area contributed by atoms with E-state index in [1.54, 1.807) is 43.4 Å². The molecule has 7 nitrogen and oxygen atoms in total. The van der Waals surface area contributed by atoms with Gasteiger partial charge in [-0.25, -0.2) is 4.98 Å². The molecule has 0 radical (unpaired) electrons. The van der Waals surface area contributed by atoms with Gasteiger partial charge in [-0.2, -0.15) is 10.4 Å². The van der Waals surface area contributed by atoms with Crippen LogP contribution in [0.2, 0.25) is 5.02 Å². The highest BCUT2D eigenvalue weighted by atomic mass is 35.5. The quantitative estimate of drug-likeness (QED) is 0.776. The summed E-state index contributed by atoms with van der Waals surface area (Å²) in [4.78, 5) is 16.4. The Bertz CT molecular complexity index is 977. The van der Waals surface area contributed by atoms with E-state index in [1.807, 2.05) is 6.07 Å². The molecule has 0 saturated heterocycles. The highest BCUT2D eigenvalue weighted by Gasteiger charge is 2.16. The SMILES string of the molecule is Cn1ncc(C(=O)Nc2ccnc(Oc3ccccc3Cl)c2)c1C#N. The molecule has 25 heavy (non-hydrogen) atoms. The van der Waals surface area contributed by atoms with Crippen LogP contribution in [0.15, 0.2) is 48.8 Å². The molecule has 2 heterocycles. The van der Waals surface area contributed by atoms with Crippen LogP contribution in [0.3, 0.4) is 0 Å². The number of carbonyl (C=O) groups excluding carboxylic acids is 1. The number of aryl methyl sites for hydroxylation is 1. The lowest BCUT2D eigenvalue weighted by Crippen LogP contribution is -2.13. The third-order valence-electron chi connectivity index (χ3n) is 3.33. The standard InChI is InChI=1S/C17H12ClN5O2/c1-23-14(9-19)12(10-21-23)17(24)22-11-6-7-20-16(8-11)25-15-5-3-2-4-13(15)18/h2-8,10H,1H3,(H,20,22,24). The van der Waals surface area contributed by atoms with E-state index in [0.717, 1.165) is 0 Å². The molecule has 3 rings (SSSR count). The highest BCUT2D eigenvalue weighted by Crippen LogP contribution is 2.28. The average Bonchev–Trinajstić information content (AvgIpc) is 2.98. The van der Waals surface area contributed by atoms with Gasteiger partial charge in [-0.3, -0.25) is 9.48 Å². The molecule has 0 atom stereocenters. The fourth-order valence-corrected chi connectivity index (χ4v) is 2.29. The van der Waals surface area contributed by atoms with Crippen LogP contribution in [0.1, 0.15) is 16.1 Å². The van der Waals surface area contributed by atoms with Crippen LogP contribution in [0.25, 0.3) is 0 Å². The minimum atomic E-state index is -0.445. The fourth-order valence-electron chi connectivity index (χ4n) is 2.12. The van der Waals surface area contributed by atoms with Gasteiger partial charge in [0.2, 0.25) is 5.88 Å². The van der Waals surface area contributed by atoms with Gasteiger partial charge >= 0.3 is 0 Å². The van der Waals surface area contributed by atoms with Crippen molar-refractivity contribution in [1.29, 1.82) is 5.26 Å². The minimum absolute atomic E-state index is 0.180. The van der Waals surface area contributed by atoms with Gasteiger partial charge in [-0.05, 0) is 18.2 Å². The van der Waals surface area contributed by atoms with Gasteiger partial charge in [0.25, 0.3) is 5.91 Å². The molecule has 124 valence electrons. The fraction of sp³-hybridized carbons (Fsp3) is 0.0588. The number of ether oxygens (including phenoxy) is 1. The van der Waals surface area contributed by atoms with Crippen molar-refractivity contribution in [2.24, 2.45) is 7.05 Å². The van der Waals surface area contributed by atoms with Crippen LogP contribution in [0.4, 0.5) is 5.69 Å². The summed E-state index contributed by atoms with van der Waals surface area (Å²) in [5.74, 6) is 0.288. The second kappa shape index (κ2) is 7.03. The third kappa shape index (κ3) is 3.59. The van der Waals surface area contributed by atoms with E-state index in [0.29, 0.717) is 16.5 Å². The Morgan fingerprint density at radius 3 is 2.92 bits per heavy atom. The zero-order valence-corrected chi connectivity index (χ0v) is 13.9. The largest absolute Gasteiger partial charge is 0.437 e. The molecule has 1 aromatic carbocycles. The van der Waals surface area contributed by atoms with Crippen molar-refractivity contribution in [3.63, 3.8) is 0 Å². The summed E-state index contributed by atoms with van der Waals surface area (Å²) in [7, 11) is 1.59. The summed E-state index contributed by atoms with van der Waals surface area (Å²) in [6.45, 7) is 0. The number of halogens is 1. The van der Waals surface area contributed by atoms with E-state index in [1.165, 1.54) is 17.1 Å². The molecule has 0 bridgehead atoms. The first-order valence-corrected chi connectivity index (χ1v) is 7.58. The molecule has 0 saturated carbocycles. The molecule has 0 aliphatic carbocycles. The number of benzene rings is 1. The molecule has 0 unspecified atom stereocenters.